The van der Waals surface area contributed by atoms with Gasteiger partial charge in [0.25, 0.3) is 0 Å². The van der Waals surface area contributed by atoms with Gasteiger partial charge >= 0.3 is 5.97 Å². The molecule has 1 unspecified atom stereocenters. The zero-order chi connectivity index (χ0) is 14.6. The van der Waals surface area contributed by atoms with Gasteiger partial charge in [-0.05, 0) is 30.9 Å². The first kappa shape index (κ1) is 15.5. The van der Waals surface area contributed by atoms with Crippen LogP contribution in [-0.4, -0.2) is 24.7 Å². The summed E-state index contributed by atoms with van der Waals surface area (Å²) >= 11 is 0. The van der Waals surface area contributed by atoms with Crippen molar-refractivity contribution in [1.29, 1.82) is 0 Å². The van der Waals surface area contributed by atoms with Crippen LogP contribution in [0.4, 0.5) is 5.69 Å². The topological polar surface area (TPSA) is 83.5 Å². The number of para-hydroxylation sites is 1. The third kappa shape index (κ3) is 3.47. The lowest BCUT2D eigenvalue weighted by Gasteiger charge is -2.17. The second-order valence-corrected chi connectivity index (χ2v) is 6.29. The summed E-state index contributed by atoms with van der Waals surface area (Å²) in [5.41, 5.74) is 2.24. The number of rotatable bonds is 6. The van der Waals surface area contributed by atoms with E-state index in [1.807, 2.05) is 32.0 Å². The molecule has 0 saturated carbocycles. The second kappa shape index (κ2) is 6.06. The van der Waals surface area contributed by atoms with Crippen molar-refractivity contribution in [3.63, 3.8) is 0 Å². The zero-order valence-corrected chi connectivity index (χ0v) is 12.1. The first-order valence-electron chi connectivity index (χ1n) is 6.18. The first-order chi connectivity index (χ1) is 8.83. The Morgan fingerprint density at radius 1 is 1.26 bits per heavy atom. The largest absolute Gasteiger partial charge is 0.480 e. The van der Waals surface area contributed by atoms with Crippen LogP contribution in [0.25, 0.3) is 0 Å². The summed E-state index contributed by atoms with van der Waals surface area (Å²) in [5, 5.41) is 7.35. The molecule has 0 amide bonds. The number of hydrogen-bond donors (Lipinski definition) is 2. The van der Waals surface area contributed by atoms with Crippen molar-refractivity contribution in [1.82, 2.24) is 0 Å². The number of nitrogens with one attached hydrogen (secondary N) is 1. The summed E-state index contributed by atoms with van der Waals surface area (Å²) < 4.78 is 26.4. The number of aryl methyl sites for hydroxylation is 2. The second-order valence-electron chi connectivity index (χ2n) is 4.29. The smallest absolute Gasteiger partial charge is 0.323 e. The number of benzene rings is 1. The summed E-state index contributed by atoms with van der Waals surface area (Å²) in [6, 6.07) is 5.54. The van der Waals surface area contributed by atoms with Gasteiger partial charge in [-0.3, -0.25) is 9.52 Å². The van der Waals surface area contributed by atoms with Gasteiger partial charge in [-0.25, -0.2) is 8.42 Å². The number of carbonyl (C=O) groups is 1. The molecule has 1 atom stereocenters. The lowest BCUT2D eigenvalue weighted by atomic mass is 10.0. The molecule has 0 heterocycles. The Morgan fingerprint density at radius 2 is 1.74 bits per heavy atom. The van der Waals surface area contributed by atoms with E-state index < -0.39 is 21.2 Å². The lowest BCUT2D eigenvalue weighted by Crippen LogP contribution is -2.32. The molecule has 5 nitrogen and oxygen atoms in total. The van der Waals surface area contributed by atoms with E-state index in [-0.39, 0.29) is 0 Å². The maximum atomic E-state index is 12.0. The average molecular weight is 285 g/mol. The Morgan fingerprint density at radius 3 is 2.11 bits per heavy atom. The third-order valence-electron chi connectivity index (χ3n) is 3.06. The van der Waals surface area contributed by atoms with Gasteiger partial charge in [0.2, 0.25) is 10.0 Å². The van der Waals surface area contributed by atoms with Crippen LogP contribution in [0.2, 0.25) is 0 Å². The van der Waals surface area contributed by atoms with Crippen molar-refractivity contribution in [2.24, 2.45) is 0 Å². The molecule has 0 saturated heterocycles. The molecule has 1 aromatic carbocycles. The third-order valence-corrected chi connectivity index (χ3v) is 4.68. The van der Waals surface area contributed by atoms with Crippen LogP contribution in [0.5, 0.6) is 0 Å². The molecule has 0 aromatic heterocycles. The lowest BCUT2D eigenvalue weighted by molar-refractivity contribution is -0.136. The summed E-state index contributed by atoms with van der Waals surface area (Å²) in [7, 11) is -3.93. The number of anilines is 1. The summed E-state index contributed by atoms with van der Waals surface area (Å²) in [6.07, 6.45) is 1.35. The van der Waals surface area contributed by atoms with Gasteiger partial charge in [-0.15, -0.1) is 0 Å². The highest BCUT2D eigenvalue weighted by Gasteiger charge is 2.28. The maximum absolute atomic E-state index is 12.0. The Balaban J connectivity index is 3.22. The Labute approximate surface area is 113 Å². The SMILES string of the molecule is CCc1cccc(CC)c1NS(=O)(=O)C(C)C(=O)O. The van der Waals surface area contributed by atoms with Gasteiger partial charge in [-0.2, -0.15) is 0 Å². The summed E-state index contributed by atoms with van der Waals surface area (Å²) in [5.74, 6) is -1.36. The van der Waals surface area contributed by atoms with Crippen LogP contribution >= 0.6 is 0 Å². The molecule has 2 N–H and O–H groups in total. The number of hydrogen-bond acceptors (Lipinski definition) is 3. The van der Waals surface area contributed by atoms with Crippen molar-refractivity contribution in [3.8, 4) is 0 Å². The van der Waals surface area contributed by atoms with Crippen LogP contribution < -0.4 is 4.72 Å². The fraction of sp³-hybridized carbons (Fsp3) is 0.462. The molecule has 0 aliphatic heterocycles. The predicted octanol–water partition coefficient (Wildman–Crippen LogP) is 2.03. The van der Waals surface area contributed by atoms with Crippen molar-refractivity contribution in [2.75, 3.05) is 4.72 Å². The van der Waals surface area contributed by atoms with Crippen LogP contribution in [0.1, 0.15) is 31.9 Å². The average Bonchev–Trinajstić information content (AvgIpc) is 2.37. The minimum atomic E-state index is -3.93. The van der Waals surface area contributed by atoms with Crippen molar-refractivity contribution in [3.05, 3.63) is 29.3 Å². The van der Waals surface area contributed by atoms with E-state index in [0.29, 0.717) is 18.5 Å². The monoisotopic (exact) mass is 285 g/mol. The first-order valence-corrected chi connectivity index (χ1v) is 7.73. The molecular formula is C13H19NO4S. The van der Waals surface area contributed by atoms with Gasteiger partial charge in [0.05, 0.1) is 5.69 Å². The van der Waals surface area contributed by atoms with E-state index in [0.717, 1.165) is 18.1 Å². The predicted molar refractivity (Wildman–Crippen MR) is 74.8 cm³/mol. The Hall–Kier alpha value is -1.56. The molecular weight excluding hydrogens is 266 g/mol. The van der Waals surface area contributed by atoms with Gasteiger partial charge in [0, 0.05) is 0 Å². The van der Waals surface area contributed by atoms with Gasteiger partial charge in [0.1, 0.15) is 0 Å². The van der Waals surface area contributed by atoms with Crippen molar-refractivity contribution < 1.29 is 18.3 Å². The quantitative estimate of drug-likeness (QED) is 0.837. The highest BCUT2D eigenvalue weighted by Crippen LogP contribution is 2.24. The number of carboxylic acids is 1. The molecule has 0 radical (unpaired) electrons. The van der Waals surface area contributed by atoms with Gasteiger partial charge in [-0.1, -0.05) is 32.0 Å². The van der Waals surface area contributed by atoms with E-state index in [1.165, 1.54) is 0 Å². The highest BCUT2D eigenvalue weighted by atomic mass is 32.2. The fourth-order valence-corrected chi connectivity index (χ4v) is 2.73. The molecule has 0 aliphatic rings. The molecule has 106 valence electrons. The van der Waals surface area contributed by atoms with E-state index >= 15 is 0 Å². The molecule has 1 aromatic rings. The fourth-order valence-electron chi connectivity index (χ4n) is 1.74. The van der Waals surface area contributed by atoms with E-state index in [9.17, 15) is 13.2 Å². The molecule has 1 rings (SSSR count). The van der Waals surface area contributed by atoms with Crippen molar-refractivity contribution in [2.45, 2.75) is 38.9 Å². The Bertz CT molecular complexity index is 544. The minimum absolute atomic E-state index is 0.514. The molecule has 0 bridgehead atoms. The van der Waals surface area contributed by atoms with E-state index in [1.54, 1.807) is 0 Å². The van der Waals surface area contributed by atoms with Crippen molar-refractivity contribution >= 4 is 21.7 Å². The molecule has 19 heavy (non-hydrogen) atoms. The number of sulfonamides is 1. The van der Waals surface area contributed by atoms with Gasteiger partial charge in [0.15, 0.2) is 5.25 Å². The standard InChI is InChI=1S/C13H19NO4S/c1-4-10-7-6-8-11(5-2)12(10)14-19(17,18)9(3)13(15)16/h6-9,14H,4-5H2,1-3H3,(H,15,16). The molecule has 0 aliphatic carbocycles. The van der Waals surface area contributed by atoms with Crippen LogP contribution in [0.15, 0.2) is 18.2 Å². The summed E-state index contributed by atoms with van der Waals surface area (Å²) in [6.45, 7) is 5.01. The molecule has 0 spiro atoms. The normalized spacial score (nSPS) is 13.0. The van der Waals surface area contributed by atoms with Gasteiger partial charge < -0.3 is 5.11 Å². The zero-order valence-electron chi connectivity index (χ0n) is 11.3. The maximum Gasteiger partial charge on any atom is 0.323 e. The number of aliphatic carboxylic acids is 1. The van der Waals surface area contributed by atoms with Crippen LogP contribution in [0.3, 0.4) is 0 Å². The molecule has 6 heteroatoms. The Kier molecular flexibility index (Phi) is 4.94. The van der Waals surface area contributed by atoms with E-state index in [4.69, 9.17) is 5.11 Å². The summed E-state index contributed by atoms with van der Waals surface area (Å²) in [4.78, 5) is 10.8. The highest BCUT2D eigenvalue weighted by molar-refractivity contribution is 7.94. The van der Waals surface area contributed by atoms with E-state index in [2.05, 4.69) is 4.72 Å². The van der Waals surface area contributed by atoms with Crippen LogP contribution in [0, 0.1) is 0 Å². The minimum Gasteiger partial charge on any atom is -0.480 e. The molecule has 0 fully saturated rings. The van der Waals surface area contributed by atoms with Crippen LogP contribution in [-0.2, 0) is 27.7 Å². The number of carboxylic acid groups (broad SMARTS) is 1.